The van der Waals surface area contributed by atoms with Gasteiger partial charge in [0.25, 0.3) is 0 Å². The highest BCUT2D eigenvalue weighted by Crippen LogP contribution is 2.68. The number of methoxy groups -OCH3 is 1. The Morgan fingerprint density at radius 3 is 2.48 bits per heavy atom. The fourth-order valence-electron chi connectivity index (χ4n) is 7.22. The van der Waals surface area contributed by atoms with E-state index in [2.05, 4.69) is 6.92 Å². The first-order valence-electron chi connectivity index (χ1n) is 13.6. The summed E-state index contributed by atoms with van der Waals surface area (Å²) in [5.74, 6) is -5.40. The van der Waals surface area contributed by atoms with Gasteiger partial charge < -0.3 is 39.0 Å². The topological polar surface area (TPSA) is 192 Å². The zero-order chi connectivity index (χ0) is 30.6. The lowest BCUT2D eigenvalue weighted by atomic mass is 9.45. The lowest BCUT2D eigenvalue weighted by Crippen LogP contribution is -2.69. The minimum absolute atomic E-state index is 0.0613. The van der Waals surface area contributed by atoms with E-state index >= 15 is 0 Å². The van der Waals surface area contributed by atoms with Crippen LogP contribution in [0.4, 0.5) is 0 Å². The first-order valence-corrected chi connectivity index (χ1v) is 13.6. The van der Waals surface area contributed by atoms with E-state index < -0.39 is 72.0 Å². The molecule has 1 unspecified atom stereocenters. The molecule has 4 aliphatic rings. The maximum Gasteiger partial charge on any atom is 0.348 e. The lowest BCUT2D eigenvalue weighted by molar-refractivity contribution is -0.181. The van der Waals surface area contributed by atoms with Crippen LogP contribution in [-0.4, -0.2) is 76.2 Å². The van der Waals surface area contributed by atoms with Gasteiger partial charge in [-0.2, -0.15) is 0 Å². The van der Waals surface area contributed by atoms with Gasteiger partial charge in [0.05, 0.1) is 31.0 Å². The Morgan fingerprint density at radius 1 is 1.10 bits per heavy atom. The van der Waals surface area contributed by atoms with Crippen molar-refractivity contribution in [3.63, 3.8) is 0 Å². The van der Waals surface area contributed by atoms with E-state index in [1.807, 2.05) is 12.1 Å². The molecule has 3 N–H and O–H groups in total. The number of aliphatic carboxylic acids is 2. The lowest BCUT2D eigenvalue weighted by Gasteiger charge is -2.61. The van der Waals surface area contributed by atoms with Crippen molar-refractivity contribution in [3.8, 4) is 11.5 Å². The summed E-state index contributed by atoms with van der Waals surface area (Å²) < 4.78 is 27.3. The average Bonchev–Trinajstić information content (AvgIpc) is 3.27. The van der Waals surface area contributed by atoms with Gasteiger partial charge in [-0.05, 0) is 55.2 Å². The second-order valence-electron chi connectivity index (χ2n) is 11.3. The Labute approximate surface area is 240 Å². The Kier molecular flexibility index (Phi) is 7.42. The van der Waals surface area contributed by atoms with Crippen LogP contribution in [0.2, 0.25) is 0 Å². The molecule has 3 aliphatic carbocycles. The number of carboxylic acid groups (broad SMARTS) is 2. The number of carboxylic acids is 2. The monoisotopic (exact) mass is 588 g/mol. The maximum absolute atomic E-state index is 13.1. The third-order valence-corrected chi connectivity index (χ3v) is 8.99. The van der Waals surface area contributed by atoms with Gasteiger partial charge in [-0.1, -0.05) is 13.0 Å². The molecule has 2 bridgehead atoms. The number of benzene rings is 1. The van der Waals surface area contributed by atoms with E-state index in [9.17, 15) is 34.2 Å². The van der Waals surface area contributed by atoms with Gasteiger partial charge in [0.2, 0.25) is 12.2 Å². The molecular formula is C29H32O13. The van der Waals surface area contributed by atoms with Crippen LogP contribution in [0.15, 0.2) is 24.0 Å². The molecule has 1 spiro atoms. The fourth-order valence-corrected chi connectivity index (χ4v) is 7.22. The predicted molar refractivity (Wildman–Crippen MR) is 138 cm³/mol. The average molecular weight is 589 g/mol. The molecule has 5 rings (SSSR count). The summed E-state index contributed by atoms with van der Waals surface area (Å²) in [6.45, 7) is 3.09. The zero-order valence-corrected chi connectivity index (χ0v) is 23.3. The van der Waals surface area contributed by atoms with E-state index in [1.165, 1.54) is 7.11 Å². The second kappa shape index (κ2) is 10.6. The molecule has 0 radical (unpaired) electrons. The van der Waals surface area contributed by atoms with Gasteiger partial charge in [-0.15, -0.1) is 0 Å². The standard InChI is InChI=1S/C29H32O13/c1-13-6-8-28-23-15-4-5-17(38-3)24(23)42-25(28)18(7-9-29(28,37)16(13)10-15)40-22(33)12-20(39-14(2)30)27(36)41-19(26(34)35)11-21(31)32/h4-5,7,13,16,19-20,25,37H,6,8-12H2,1-3H3,(H,31,32)(H,34,35)/t13?,16-,19-,20-,25-,28-,29+/m0/s1. The third kappa shape index (κ3) is 4.55. The van der Waals surface area contributed by atoms with Crippen molar-refractivity contribution < 1.29 is 63.0 Å². The number of carbonyl (C=O) groups is 5. The Hall–Kier alpha value is -4.13. The van der Waals surface area contributed by atoms with Gasteiger partial charge >= 0.3 is 29.8 Å². The van der Waals surface area contributed by atoms with Crippen molar-refractivity contribution in [3.05, 3.63) is 35.1 Å². The molecule has 13 heteroatoms. The molecule has 226 valence electrons. The smallest absolute Gasteiger partial charge is 0.348 e. The summed E-state index contributed by atoms with van der Waals surface area (Å²) in [5, 5.41) is 30.4. The van der Waals surface area contributed by atoms with E-state index in [4.69, 9.17) is 28.8 Å². The van der Waals surface area contributed by atoms with E-state index in [0.29, 0.717) is 24.3 Å². The van der Waals surface area contributed by atoms with Gasteiger partial charge in [-0.25, -0.2) is 9.59 Å². The summed E-state index contributed by atoms with van der Waals surface area (Å²) in [5.41, 5.74) is -0.199. The van der Waals surface area contributed by atoms with Crippen LogP contribution in [-0.2, 0) is 50.0 Å². The van der Waals surface area contributed by atoms with E-state index in [1.54, 1.807) is 6.08 Å². The van der Waals surface area contributed by atoms with Crippen LogP contribution in [0.1, 0.15) is 57.1 Å². The van der Waals surface area contributed by atoms with Crippen LogP contribution in [0.3, 0.4) is 0 Å². The minimum atomic E-state index is -2.07. The van der Waals surface area contributed by atoms with Gasteiger partial charge in [0.1, 0.15) is 5.76 Å². The van der Waals surface area contributed by atoms with Crippen molar-refractivity contribution >= 4 is 29.8 Å². The van der Waals surface area contributed by atoms with E-state index in [0.717, 1.165) is 24.5 Å². The SMILES string of the molecule is COc1ccc2c3c1O[C@H]1C(OC(=O)C[C@H](OC(C)=O)C(=O)O[C@@H](CC(=O)O)C(=O)O)=CC[C@@]4(O)[C@@H](C2)C(C)CC[C@]314. The molecule has 1 aliphatic heterocycles. The number of aliphatic hydroxyl groups is 1. The molecule has 13 nitrogen and oxygen atoms in total. The predicted octanol–water partition coefficient (Wildman–Crippen LogP) is 1.65. The first kappa shape index (κ1) is 29.4. The summed E-state index contributed by atoms with van der Waals surface area (Å²) in [4.78, 5) is 59.8. The maximum atomic E-state index is 13.1. The Morgan fingerprint density at radius 2 is 1.83 bits per heavy atom. The zero-order valence-electron chi connectivity index (χ0n) is 23.3. The first-order chi connectivity index (χ1) is 19.8. The summed E-state index contributed by atoms with van der Waals surface area (Å²) >= 11 is 0. The molecule has 1 saturated carbocycles. The van der Waals surface area contributed by atoms with Crippen molar-refractivity contribution in [2.24, 2.45) is 11.8 Å². The van der Waals surface area contributed by atoms with Crippen LogP contribution in [0, 0.1) is 11.8 Å². The van der Waals surface area contributed by atoms with Crippen LogP contribution in [0.5, 0.6) is 11.5 Å². The number of carbonyl (C=O) groups excluding carboxylic acids is 3. The molecular weight excluding hydrogens is 556 g/mol. The van der Waals surface area contributed by atoms with Gasteiger partial charge in [0.15, 0.2) is 17.6 Å². The molecule has 1 heterocycles. The minimum Gasteiger partial charge on any atom is -0.493 e. The van der Waals surface area contributed by atoms with Gasteiger partial charge in [-0.3, -0.25) is 14.4 Å². The molecule has 1 fully saturated rings. The molecule has 1 aromatic carbocycles. The molecule has 0 amide bonds. The third-order valence-electron chi connectivity index (χ3n) is 8.99. The number of hydrogen-bond donors (Lipinski definition) is 3. The Balaban J connectivity index is 1.41. The van der Waals surface area contributed by atoms with Gasteiger partial charge in [0, 0.05) is 12.5 Å². The van der Waals surface area contributed by atoms with Crippen LogP contribution < -0.4 is 9.47 Å². The van der Waals surface area contributed by atoms with Crippen molar-refractivity contribution in [1.29, 1.82) is 0 Å². The quantitative estimate of drug-likeness (QED) is 0.264. The highest BCUT2D eigenvalue weighted by atomic mass is 16.6. The highest BCUT2D eigenvalue weighted by Gasteiger charge is 2.72. The second-order valence-corrected chi connectivity index (χ2v) is 11.3. The number of ether oxygens (including phenoxy) is 5. The number of hydrogen-bond acceptors (Lipinski definition) is 11. The van der Waals surface area contributed by atoms with Crippen LogP contribution in [0.25, 0.3) is 0 Å². The largest absolute Gasteiger partial charge is 0.493 e. The van der Waals surface area contributed by atoms with Crippen molar-refractivity contribution in [2.75, 3.05) is 7.11 Å². The molecule has 0 aromatic heterocycles. The van der Waals surface area contributed by atoms with Crippen molar-refractivity contribution in [1.82, 2.24) is 0 Å². The Bertz CT molecular complexity index is 1380. The summed E-state index contributed by atoms with van der Waals surface area (Å²) in [7, 11) is 1.51. The molecule has 0 saturated heterocycles. The molecule has 1 aromatic rings. The highest BCUT2D eigenvalue weighted by molar-refractivity contribution is 5.87. The normalized spacial score (nSPS) is 29.5. The number of esters is 3. The summed E-state index contributed by atoms with van der Waals surface area (Å²) in [6, 6.07) is 3.79. The van der Waals surface area contributed by atoms with Crippen LogP contribution >= 0.6 is 0 Å². The van der Waals surface area contributed by atoms with Crippen molar-refractivity contribution in [2.45, 2.75) is 81.7 Å². The van der Waals surface area contributed by atoms with E-state index in [-0.39, 0.29) is 24.0 Å². The molecule has 42 heavy (non-hydrogen) atoms. The fraction of sp³-hybridized carbons (Fsp3) is 0.552. The number of rotatable bonds is 10. The molecule has 7 atom stereocenters. The summed E-state index contributed by atoms with van der Waals surface area (Å²) in [6.07, 6.45) is -2.91.